The lowest BCUT2D eigenvalue weighted by Crippen LogP contribution is -2.21. The fourth-order valence-electron chi connectivity index (χ4n) is 2.41. The number of H-pyrrole nitrogens is 1. The van der Waals surface area contributed by atoms with Gasteiger partial charge in [0.15, 0.2) is 17.3 Å². The van der Waals surface area contributed by atoms with Gasteiger partial charge in [-0.05, 0) is 18.2 Å². The Bertz CT molecular complexity index is 1160. The second-order valence-corrected chi connectivity index (χ2v) is 6.35. The number of hydrogen-bond donors (Lipinski definition) is 1. The number of aromatic amines is 1. The highest BCUT2D eigenvalue weighted by atomic mass is 35.5. The van der Waals surface area contributed by atoms with E-state index in [1.807, 2.05) is 4.98 Å². The molecule has 0 spiro atoms. The number of aromatic nitrogens is 3. The maximum atomic E-state index is 13.5. The number of methoxy groups -OCH3 is 1. The van der Waals surface area contributed by atoms with E-state index in [2.05, 4.69) is 10.1 Å². The second kappa shape index (κ2) is 8.23. The van der Waals surface area contributed by atoms with Crippen LogP contribution in [-0.2, 0) is 23.7 Å². The Labute approximate surface area is 173 Å². The van der Waals surface area contributed by atoms with Crippen LogP contribution in [0.15, 0.2) is 33.6 Å². The zero-order valence-corrected chi connectivity index (χ0v) is 15.9. The molecule has 3 rings (SSSR count). The third-order valence-corrected chi connectivity index (χ3v) is 4.03. The third kappa shape index (κ3) is 4.99. The molecule has 14 heteroatoms. The monoisotopic (exact) mass is 469 g/mol. The first-order valence-corrected chi connectivity index (χ1v) is 8.49. The lowest BCUT2D eigenvalue weighted by Gasteiger charge is -2.14. The van der Waals surface area contributed by atoms with Crippen molar-refractivity contribution in [3.05, 3.63) is 56.7 Å². The summed E-state index contributed by atoms with van der Waals surface area (Å²) in [5, 5.41) is 2.80. The van der Waals surface area contributed by atoms with Gasteiger partial charge in [0.05, 0.1) is 10.6 Å². The zero-order chi connectivity index (χ0) is 23.0. The van der Waals surface area contributed by atoms with Gasteiger partial charge >= 0.3 is 12.4 Å². The number of hydrogen-bond acceptors (Lipinski definition) is 6. The molecule has 0 amide bonds. The van der Waals surface area contributed by atoms with Gasteiger partial charge in [0.1, 0.15) is 18.1 Å². The van der Waals surface area contributed by atoms with Gasteiger partial charge in [-0.15, -0.1) is 0 Å². The topological polar surface area (TPSA) is 90.2 Å². The standard InChI is InChI=1S/C17H10ClF6N3O4/c1-29-6-8-5-11(27-31-8)14-25-13(17(22,23)24)12(15(28)26-14)30-7-2-3-10(18)9(4-7)16(19,20)21/h2-5H,6H2,1H3,(H,25,26,28). The highest BCUT2D eigenvalue weighted by molar-refractivity contribution is 6.31. The highest BCUT2D eigenvalue weighted by Crippen LogP contribution is 2.39. The maximum Gasteiger partial charge on any atom is 0.437 e. The van der Waals surface area contributed by atoms with E-state index < -0.39 is 51.5 Å². The van der Waals surface area contributed by atoms with Gasteiger partial charge in [-0.25, -0.2) is 4.98 Å². The Balaban J connectivity index is 2.08. The minimum absolute atomic E-state index is 0.0390. The van der Waals surface area contributed by atoms with Crippen LogP contribution in [-0.4, -0.2) is 22.2 Å². The molecule has 2 aromatic heterocycles. The molecule has 0 bridgehead atoms. The molecule has 3 aromatic rings. The molecule has 2 heterocycles. The van der Waals surface area contributed by atoms with Crippen LogP contribution in [0.3, 0.4) is 0 Å². The van der Waals surface area contributed by atoms with Gasteiger partial charge < -0.3 is 19.0 Å². The summed E-state index contributed by atoms with van der Waals surface area (Å²) in [4.78, 5) is 17.7. The molecule has 0 unspecified atom stereocenters. The SMILES string of the molecule is COCc1cc(-c2nc(C(F)(F)F)c(Oc3ccc(Cl)c(C(F)(F)F)c3)c(=O)[nH]2)no1. The number of nitrogens with one attached hydrogen (secondary N) is 1. The van der Waals surface area contributed by atoms with E-state index in [-0.39, 0.29) is 18.1 Å². The normalized spacial score (nSPS) is 12.3. The van der Waals surface area contributed by atoms with Crippen LogP contribution in [0.25, 0.3) is 11.5 Å². The highest BCUT2D eigenvalue weighted by Gasteiger charge is 2.40. The minimum atomic E-state index is -5.18. The number of nitrogens with zero attached hydrogens (tertiary/aromatic N) is 2. The number of halogens is 7. The summed E-state index contributed by atoms with van der Waals surface area (Å²) in [7, 11) is 1.34. The van der Waals surface area contributed by atoms with Gasteiger partial charge in [-0.1, -0.05) is 16.8 Å². The van der Waals surface area contributed by atoms with Crippen molar-refractivity contribution in [1.29, 1.82) is 0 Å². The first-order chi connectivity index (χ1) is 14.4. The zero-order valence-electron chi connectivity index (χ0n) is 15.2. The molecule has 0 aliphatic heterocycles. The molecule has 166 valence electrons. The average molecular weight is 470 g/mol. The molecule has 0 aliphatic rings. The van der Waals surface area contributed by atoms with Crippen molar-refractivity contribution in [2.24, 2.45) is 0 Å². The largest absolute Gasteiger partial charge is 0.449 e. The lowest BCUT2D eigenvalue weighted by molar-refractivity contribution is -0.142. The second-order valence-electron chi connectivity index (χ2n) is 5.94. The fourth-order valence-corrected chi connectivity index (χ4v) is 2.63. The van der Waals surface area contributed by atoms with Crippen LogP contribution >= 0.6 is 11.6 Å². The van der Waals surface area contributed by atoms with Gasteiger partial charge in [-0.3, -0.25) is 4.79 Å². The molecule has 0 atom stereocenters. The molecule has 0 saturated heterocycles. The van der Waals surface area contributed by atoms with Crippen LogP contribution in [0, 0.1) is 0 Å². The van der Waals surface area contributed by atoms with Crippen LogP contribution < -0.4 is 10.3 Å². The summed E-state index contributed by atoms with van der Waals surface area (Å²) < 4.78 is 94.0. The lowest BCUT2D eigenvalue weighted by atomic mass is 10.2. The smallest absolute Gasteiger partial charge is 0.437 e. The van der Waals surface area contributed by atoms with Crippen molar-refractivity contribution in [1.82, 2.24) is 15.1 Å². The molecule has 0 saturated carbocycles. The van der Waals surface area contributed by atoms with Crippen LogP contribution in [0.2, 0.25) is 5.02 Å². The molecular weight excluding hydrogens is 460 g/mol. The predicted octanol–water partition coefficient (Wildman–Crippen LogP) is 5.05. The molecule has 1 aromatic carbocycles. The summed E-state index contributed by atoms with van der Waals surface area (Å²) in [5.41, 5.74) is -4.76. The summed E-state index contributed by atoms with van der Waals surface area (Å²) >= 11 is 5.47. The Hall–Kier alpha value is -3.06. The number of ether oxygens (including phenoxy) is 2. The van der Waals surface area contributed by atoms with Gasteiger partial charge in [-0.2, -0.15) is 26.3 Å². The average Bonchev–Trinajstić information content (AvgIpc) is 3.11. The van der Waals surface area contributed by atoms with Crippen LogP contribution in [0.4, 0.5) is 26.3 Å². The van der Waals surface area contributed by atoms with Crippen molar-refractivity contribution in [2.45, 2.75) is 19.0 Å². The molecule has 7 nitrogen and oxygen atoms in total. The molecule has 1 N–H and O–H groups in total. The minimum Gasteiger partial charge on any atom is -0.449 e. The van der Waals surface area contributed by atoms with Crippen molar-refractivity contribution in [2.75, 3.05) is 7.11 Å². The van der Waals surface area contributed by atoms with E-state index in [1.165, 1.54) is 13.2 Å². The van der Waals surface area contributed by atoms with Gasteiger partial charge in [0, 0.05) is 13.2 Å². The van der Waals surface area contributed by atoms with Gasteiger partial charge in [0.25, 0.3) is 5.56 Å². The number of benzene rings is 1. The number of alkyl halides is 6. The summed E-state index contributed by atoms with van der Waals surface area (Å²) in [6.45, 7) is -0.0390. The van der Waals surface area contributed by atoms with E-state index in [9.17, 15) is 31.1 Å². The van der Waals surface area contributed by atoms with Crippen molar-refractivity contribution in [3.63, 3.8) is 0 Å². The fraction of sp³-hybridized carbons (Fsp3) is 0.235. The van der Waals surface area contributed by atoms with Crippen molar-refractivity contribution >= 4 is 11.6 Å². The summed E-state index contributed by atoms with van der Waals surface area (Å²) in [6, 6.07) is 3.21. The Morgan fingerprint density at radius 2 is 1.84 bits per heavy atom. The summed E-state index contributed by atoms with van der Waals surface area (Å²) in [5.74, 6) is -2.50. The van der Waals surface area contributed by atoms with E-state index in [0.29, 0.717) is 6.07 Å². The first-order valence-electron chi connectivity index (χ1n) is 8.11. The summed E-state index contributed by atoms with van der Waals surface area (Å²) in [6.07, 6.45) is -10.1. The van der Waals surface area contributed by atoms with E-state index in [4.69, 9.17) is 25.6 Å². The molecule has 0 aliphatic carbocycles. The van der Waals surface area contributed by atoms with Crippen LogP contribution in [0.1, 0.15) is 17.0 Å². The van der Waals surface area contributed by atoms with E-state index in [0.717, 1.165) is 12.1 Å². The molecule has 0 radical (unpaired) electrons. The van der Waals surface area contributed by atoms with E-state index in [1.54, 1.807) is 0 Å². The quantitative estimate of drug-likeness (QED) is 0.526. The molecule has 31 heavy (non-hydrogen) atoms. The molecule has 0 fully saturated rings. The van der Waals surface area contributed by atoms with Crippen LogP contribution in [0.5, 0.6) is 11.5 Å². The van der Waals surface area contributed by atoms with E-state index >= 15 is 0 Å². The van der Waals surface area contributed by atoms with Gasteiger partial charge in [0.2, 0.25) is 5.75 Å². The first kappa shape index (κ1) is 22.6. The van der Waals surface area contributed by atoms with Crippen molar-refractivity contribution < 1.29 is 40.3 Å². The Morgan fingerprint density at radius 3 is 2.45 bits per heavy atom. The Morgan fingerprint density at radius 1 is 1.13 bits per heavy atom. The predicted molar refractivity (Wildman–Crippen MR) is 92.6 cm³/mol. The number of rotatable bonds is 5. The molecular formula is C17H10ClF6N3O4. The Kier molecular flexibility index (Phi) is 6.00. The van der Waals surface area contributed by atoms with Crippen molar-refractivity contribution in [3.8, 4) is 23.0 Å². The third-order valence-electron chi connectivity index (χ3n) is 3.70. The maximum absolute atomic E-state index is 13.5.